The molecule has 0 spiro atoms. The first kappa shape index (κ1) is 17.9. The smallest absolute Gasteiger partial charge is 0.266 e. The Bertz CT molecular complexity index is 1010. The molecule has 0 atom stereocenters. The van der Waals surface area contributed by atoms with Crippen LogP contribution in [0, 0.1) is 24.2 Å². The summed E-state index contributed by atoms with van der Waals surface area (Å²) >= 11 is 0. The van der Waals surface area contributed by atoms with Gasteiger partial charge in [0.2, 0.25) is 17.5 Å². The molecule has 1 aliphatic heterocycles. The summed E-state index contributed by atoms with van der Waals surface area (Å²) in [6, 6.07) is 13.3. The van der Waals surface area contributed by atoms with E-state index in [1.165, 1.54) is 6.26 Å². The number of aryl methyl sites for hydroxylation is 1. The second-order valence-electron chi connectivity index (χ2n) is 6.83. The summed E-state index contributed by atoms with van der Waals surface area (Å²) in [4.78, 5) is 18.8. The highest BCUT2D eigenvalue weighted by Crippen LogP contribution is 2.31. The molecule has 3 heterocycles. The number of hydrogen-bond acceptors (Lipinski definition) is 6. The Balaban J connectivity index is 1.42. The van der Waals surface area contributed by atoms with Gasteiger partial charge in [0.15, 0.2) is 5.76 Å². The molecule has 1 saturated heterocycles. The quantitative estimate of drug-likeness (QED) is 0.740. The van der Waals surface area contributed by atoms with Crippen LogP contribution in [-0.4, -0.2) is 24.0 Å². The summed E-state index contributed by atoms with van der Waals surface area (Å²) in [7, 11) is 0. The minimum atomic E-state index is -0.0751. The molecule has 1 fully saturated rings. The third-order valence-electron chi connectivity index (χ3n) is 5.00. The second kappa shape index (κ2) is 7.61. The number of nitriles is 1. The number of oxazole rings is 1. The fourth-order valence-electron chi connectivity index (χ4n) is 3.40. The van der Waals surface area contributed by atoms with E-state index in [9.17, 15) is 10.1 Å². The van der Waals surface area contributed by atoms with Gasteiger partial charge in [0.1, 0.15) is 6.07 Å². The van der Waals surface area contributed by atoms with Gasteiger partial charge < -0.3 is 19.1 Å². The molecule has 0 aliphatic carbocycles. The van der Waals surface area contributed by atoms with E-state index in [0.29, 0.717) is 37.6 Å². The van der Waals surface area contributed by atoms with Crippen molar-refractivity contribution < 1.29 is 13.6 Å². The molecule has 0 saturated carbocycles. The zero-order chi connectivity index (χ0) is 19.5. The van der Waals surface area contributed by atoms with E-state index in [0.717, 1.165) is 11.3 Å². The van der Waals surface area contributed by atoms with Crippen LogP contribution in [-0.2, 0) is 4.79 Å². The van der Waals surface area contributed by atoms with Gasteiger partial charge in [-0.05, 0) is 43.5 Å². The molecule has 4 rings (SSSR count). The molecule has 1 aliphatic rings. The fourth-order valence-corrected chi connectivity index (χ4v) is 3.40. The SMILES string of the molecule is Cc1ccccc1NC(=O)C1CCN(c2oc(-c3ccco3)nc2C#N)CC1. The molecular weight excluding hydrogens is 356 g/mol. The van der Waals surface area contributed by atoms with E-state index >= 15 is 0 Å². The van der Waals surface area contributed by atoms with Crippen molar-refractivity contribution in [2.75, 3.05) is 23.3 Å². The number of hydrogen-bond donors (Lipinski definition) is 1. The Morgan fingerprint density at radius 2 is 2.04 bits per heavy atom. The van der Waals surface area contributed by atoms with Crippen molar-refractivity contribution in [1.82, 2.24) is 4.98 Å². The number of anilines is 2. The summed E-state index contributed by atoms with van der Waals surface area (Å²) in [6.45, 7) is 3.21. The van der Waals surface area contributed by atoms with Gasteiger partial charge in [-0.25, -0.2) is 0 Å². The van der Waals surface area contributed by atoms with Crippen molar-refractivity contribution in [1.29, 1.82) is 5.26 Å². The van der Waals surface area contributed by atoms with Crippen molar-refractivity contribution in [2.45, 2.75) is 19.8 Å². The van der Waals surface area contributed by atoms with Crippen molar-refractivity contribution in [3.05, 3.63) is 53.9 Å². The average Bonchev–Trinajstić information content (AvgIpc) is 3.39. The Hall–Kier alpha value is -3.53. The Labute approximate surface area is 162 Å². The van der Waals surface area contributed by atoms with E-state index in [-0.39, 0.29) is 23.4 Å². The number of piperidine rings is 1. The van der Waals surface area contributed by atoms with E-state index in [1.54, 1.807) is 12.1 Å². The predicted molar refractivity (Wildman–Crippen MR) is 104 cm³/mol. The molecule has 0 unspecified atom stereocenters. The summed E-state index contributed by atoms with van der Waals surface area (Å²) in [5.41, 5.74) is 2.12. The molecule has 1 amide bonds. The average molecular weight is 376 g/mol. The lowest BCUT2D eigenvalue weighted by atomic mass is 9.95. The van der Waals surface area contributed by atoms with Gasteiger partial charge in [-0.3, -0.25) is 4.79 Å². The molecule has 7 nitrogen and oxygen atoms in total. The Morgan fingerprint density at radius 1 is 1.25 bits per heavy atom. The Kier molecular flexibility index (Phi) is 4.85. The maximum absolute atomic E-state index is 12.6. The monoisotopic (exact) mass is 376 g/mol. The number of amides is 1. The highest BCUT2D eigenvalue weighted by Gasteiger charge is 2.29. The highest BCUT2D eigenvalue weighted by atomic mass is 16.4. The molecule has 0 radical (unpaired) electrons. The van der Waals surface area contributed by atoms with Gasteiger partial charge >= 0.3 is 0 Å². The minimum Gasteiger partial charge on any atom is -0.459 e. The molecule has 142 valence electrons. The molecule has 2 aromatic heterocycles. The fraction of sp³-hybridized carbons (Fsp3) is 0.286. The zero-order valence-electron chi connectivity index (χ0n) is 15.5. The summed E-state index contributed by atoms with van der Waals surface area (Å²) < 4.78 is 11.1. The van der Waals surface area contributed by atoms with Crippen molar-refractivity contribution in [3.8, 4) is 17.7 Å². The lowest BCUT2D eigenvalue weighted by Crippen LogP contribution is -2.38. The van der Waals surface area contributed by atoms with Gasteiger partial charge in [0.05, 0.1) is 6.26 Å². The number of carbonyl (C=O) groups excluding carboxylic acids is 1. The normalized spacial score (nSPS) is 14.6. The first-order valence-electron chi connectivity index (χ1n) is 9.22. The number of rotatable bonds is 4. The standard InChI is InChI=1S/C21H20N4O3/c1-14-5-2-3-6-16(14)23-19(26)15-8-10-25(11-9-15)21-17(13-22)24-20(28-21)18-7-4-12-27-18/h2-7,12,15H,8-11H2,1H3,(H,23,26). The topological polar surface area (TPSA) is 95.3 Å². The van der Waals surface area contributed by atoms with Crippen LogP contribution < -0.4 is 10.2 Å². The predicted octanol–water partition coefficient (Wildman–Crippen LogP) is 3.97. The number of nitrogens with one attached hydrogen (secondary N) is 1. The van der Waals surface area contributed by atoms with E-state index in [4.69, 9.17) is 8.83 Å². The van der Waals surface area contributed by atoms with Gasteiger partial charge in [-0.15, -0.1) is 0 Å². The molecule has 3 aromatic rings. The minimum absolute atomic E-state index is 0.0308. The first-order chi connectivity index (χ1) is 13.7. The molecule has 1 N–H and O–H groups in total. The van der Waals surface area contributed by atoms with Gasteiger partial charge in [0, 0.05) is 24.7 Å². The maximum Gasteiger partial charge on any atom is 0.266 e. The van der Waals surface area contributed by atoms with Crippen molar-refractivity contribution in [2.24, 2.45) is 5.92 Å². The third-order valence-corrected chi connectivity index (χ3v) is 5.00. The van der Waals surface area contributed by atoms with Crippen molar-refractivity contribution >= 4 is 17.5 Å². The number of nitrogens with zero attached hydrogens (tertiary/aromatic N) is 3. The van der Waals surface area contributed by atoms with Crippen LogP contribution in [0.15, 0.2) is 51.5 Å². The van der Waals surface area contributed by atoms with E-state index in [1.807, 2.05) is 36.1 Å². The largest absolute Gasteiger partial charge is 0.459 e. The van der Waals surface area contributed by atoms with Crippen LogP contribution >= 0.6 is 0 Å². The second-order valence-corrected chi connectivity index (χ2v) is 6.83. The number of furan rings is 1. The van der Waals surface area contributed by atoms with Crippen LogP contribution in [0.4, 0.5) is 11.6 Å². The van der Waals surface area contributed by atoms with Gasteiger partial charge in [-0.1, -0.05) is 18.2 Å². The van der Waals surface area contributed by atoms with Gasteiger partial charge in [-0.2, -0.15) is 10.2 Å². The van der Waals surface area contributed by atoms with Crippen LogP contribution in [0.5, 0.6) is 0 Å². The van der Waals surface area contributed by atoms with Gasteiger partial charge in [0.25, 0.3) is 5.89 Å². The summed E-state index contributed by atoms with van der Waals surface area (Å²) in [6.07, 6.45) is 2.89. The van der Waals surface area contributed by atoms with E-state index < -0.39 is 0 Å². The zero-order valence-corrected chi connectivity index (χ0v) is 15.5. The number of carbonyl (C=O) groups is 1. The molecule has 28 heavy (non-hydrogen) atoms. The molecule has 0 bridgehead atoms. The summed E-state index contributed by atoms with van der Waals surface area (Å²) in [5, 5.41) is 12.4. The lowest BCUT2D eigenvalue weighted by Gasteiger charge is -2.31. The molecule has 7 heteroatoms. The first-order valence-corrected chi connectivity index (χ1v) is 9.22. The maximum atomic E-state index is 12.6. The van der Waals surface area contributed by atoms with E-state index in [2.05, 4.69) is 16.4 Å². The van der Waals surface area contributed by atoms with Crippen LogP contribution in [0.25, 0.3) is 11.7 Å². The van der Waals surface area contributed by atoms with Crippen molar-refractivity contribution in [3.63, 3.8) is 0 Å². The Morgan fingerprint density at radius 3 is 2.71 bits per heavy atom. The number of para-hydroxylation sites is 1. The highest BCUT2D eigenvalue weighted by molar-refractivity contribution is 5.93. The number of aromatic nitrogens is 1. The number of benzene rings is 1. The van der Waals surface area contributed by atoms with Crippen LogP contribution in [0.2, 0.25) is 0 Å². The molecular formula is C21H20N4O3. The summed E-state index contributed by atoms with van der Waals surface area (Å²) in [5.74, 6) is 1.16. The van der Waals surface area contributed by atoms with Crippen LogP contribution in [0.3, 0.4) is 0 Å². The third kappa shape index (κ3) is 3.49. The lowest BCUT2D eigenvalue weighted by molar-refractivity contribution is -0.120. The molecule has 1 aromatic carbocycles. The van der Waals surface area contributed by atoms with Crippen LogP contribution in [0.1, 0.15) is 24.1 Å².